The van der Waals surface area contributed by atoms with E-state index in [2.05, 4.69) is 10.6 Å². The van der Waals surface area contributed by atoms with Crippen molar-refractivity contribution < 1.29 is 23.7 Å². The average Bonchev–Trinajstić information content (AvgIpc) is 2.98. The van der Waals surface area contributed by atoms with Crippen LogP contribution in [-0.2, 0) is 43.6 Å². The lowest BCUT2D eigenvalue weighted by Gasteiger charge is -2.50. The Kier molecular flexibility index (Phi) is 11.7. The first-order valence-corrected chi connectivity index (χ1v) is 14.6. The maximum Gasteiger partial charge on any atom is 0.320 e. The van der Waals surface area contributed by atoms with Gasteiger partial charge in [0.2, 0.25) is 0 Å². The molecule has 3 aromatic rings. The third-order valence-electron chi connectivity index (χ3n) is 7.27. The molecule has 8 heteroatoms. The van der Waals surface area contributed by atoms with Crippen LogP contribution in [0.15, 0.2) is 91.0 Å². The predicted octanol–water partition coefficient (Wildman–Crippen LogP) is 3.97. The van der Waals surface area contributed by atoms with Crippen molar-refractivity contribution in [2.24, 2.45) is 5.73 Å². The summed E-state index contributed by atoms with van der Waals surface area (Å²) in [5.41, 5.74) is 9.50. The Morgan fingerprint density at radius 1 is 0.690 bits per heavy atom. The first kappa shape index (κ1) is 31.8. The van der Waals surface area contributed by atoms with Crippen LogP contribution in [0.3, 0.4) is 0 Å². The zero-order chi connectivity index (χ0) is 30.0. The molecule has 0 aromatic heterocycles. The monoisotopic (exact) mass is 575 g/mol. The van der Waals surface area contributed by atoms with Gasteiger partial charge in [-0.25, -0.2) is 0 Å². The molecule has 226 valence electrons. The van der Waals surface area contributed by atoms with Crippen LogP contribution in [-0.4, -0.2) is 61.6 Å². The largest absolute Gasteiger partial charge is 0.459 e. The Morgan fingerprint density at radius 2 is 1.10 bits per heavy atom. The first-order valence-electron chi connectivity index (χ1n) is 14.6. The van der Waals surface area contributed by atoms with Crippen molar-refractivity contribution in [3.05, 3.63) is 108 Å². The number of nitrogens with two attached hydrogens (primary N) is 1. The highest BCUT2D eigenvalue weighted by atomic mass is 16.6. The molecule has 1 aliphatic rings. The number of hydrogen-bond donors (Lipinski definition) is 3. The standard InChI is InChI=1S/C34H45N3O5/c1-34(2,3)42-27(38)20-37-30-32(40-22-25-16-10-6-11-17-25)28(35)31(39-21-24-14-8-5-9-15-24)29(36-4)33(30)41-23-26-18-12-7-13-19-26/h5-19,28-33,36-37H,20-23,35H2,1-4H3/t28?,29?,30?,31?,32-,33?/m1/s1. The molecule has 4 N–H and O–H groups in total. The summed E-state index contributed by atoms with van der Waals surface area (Å²) in [6, 6.07) is 28.7. The molecule has 1 saturated carbocycles. The van der Waals surface area contributed by atoms with Gasteiger partial charge in [-0.05, 0) is 44.5 Å². The van der Waals surface area contributed by atoms with Crippen molar-refractivity contribution in [2.45, 2.75) is 82.6 Å². The minimum atomic E-state index is -0.599. The molecule has 6 atom stereocenters. The summed E-state index contributed by atoms with van der Waals surface area (Å²) < 4.78 is 25.3. The van der Waals surface area contributed by atoms with Crippen molar-refractivity contribution in [2.75, 3.05) is 13.6 Å². The number of benzene rings is 3. The maximum atomic E-state index is 12.8. The van der Waals surface area contributed by atoms with Gasteiger partial charge in [-0.15, -0.1) is 0 Å². The van der Waals surface area contributed by atoms with E-state index in [1.54, 1.807) is 0 Å². The molecule has 42 heavy (non-hydrogen) atoms. The molecule has 0 amide bonds. The highest BCUT2D eigenvalue weighted by Crippen LogP contribution is 2.29. The van der Waals surface area contributed by atoms with Crippen LogP contribution in [0.2, 0.25) is 0 Å². The molecule has 3 aromatic carbocycles. The Labute approximate surface area is 249 Å². The summed E-state index contributed by atoms with van der Waals surface area (Å²) in [6.07, 6.45) is -1.41. The van der Waals surface area contributed by atoms with E-state index in [1.807, 2.05) is 119 Å². The number of rotatable bonds is 13. The van der Waals surface area contributed by atoms with E-state index in [9.17, 15) is 4.79 Å². The molecule has 1 aliphatic carbocycles. The Hall–Kier alpha value is -3.11. The lowest BCUT2D eigenvalue weighted by molar-refractivity contribution is -0.163. The van der Waals surface area contributed by atoms with Gasteiger partial charge < -0.3 is 30.0 Å². The molecule has 0 bridgehead atoms. The van der Waals surface area contributed by atoms with Crippen molar-refractivity contribution in [3.63, 3.8) is 0 Å². The zero-order valence-electron chi connectivity index (χ0n) is 25.1. The summed E-state index contributed by atoms with van der Waals surface area (Å²) >= 11 is 0. The van der Waals surface area contributed by atoms with Gasteiger partial charge in [0.1, 0.15) is 5.60 Å². The zero-order valence-corrected chi connectivity index (χ0v) is 25.1. The highest BCUT2D eigenvalue weighted by molar-refractivity contribution is 5.72. The third-order valence-corrected chi connectivity index (χ3v) is 7.27. The number of esters is 1. The van der Waals surface area contributed by atoms with Gasteiger partial charge >= 0.3 is 5.97 Å². The van der Waals surface area contributed by atoms with Crippen LogP contribution in [0.1, 0.15) is 37.5 Å². The molecule has 0 radical (unpaired) electrons. The van der Waals surface area contributed by atoms with Gasteiger partial charge in [-0.2, -0.15) is 0 Å². The minimum Gasteiger partial charge on any atom is -0.459 e. The van der Waals surface area contributed by atoms with Gasteiger partial charge in [-0.1, -0.05) is 91.0 Å². The van der Waals surface area contributed by atoms with E-state index < -0.39 is 36.0 Å². The fourth-order valence-electron chi connectivity index (χ4n) is 5.34. The van der Waals surface area contributed by atoms with Crippen LogP contribution in [0.5, 0.6) is 0 Å². The Balaban J connectivity index is 1.63. The summed E-state index contributed by atoms with van der Waals surface area (Å²) in [7, 11) is 1.88. The van der Waals surface area contributed by atoms with Crippen LogP contribution >= 0.6 is 0 Å². The second-order valence-electron chi connectivity index (χ2n) is 11.7. The van der Waals surface area contributed by atoms with Crippen LogP contribution in [0.4, 0.5) is 0 Å². The number of ether oxygens (including phenoxy) is 4. The van der Waals surface area contributed by atoms with Crippen molar-refractivity contribution in [1.82, 2.24) is 10.6 Å². The van der Waals surface area contributed by atoms with E-state index in [0.29, 0.717) is 19.8 Å². The predicted molar refractivity (Wildman–Crippen MR) is 164 cm³/mol. The number of carbonyl (C=O) groups is 1. The van der Waals surface area contributed by atoms with Crippen molar-refractivity contribution in [1.29, 1.82) is 0 Å². The summed E-state index contributed by atoms with van der Waals surface area (Å²) in [4.78, 5) is 12.8. The molecule has 0 spiro atoms. The topological polar surface area (TPSA) is 104 Å². The highest BCUT2D eigenvalue weighted by Gasteiger charge is 2.51. The average molecular weight is 576 g/mol. The molecule has 5 unspecified atom stereocenters. The second kappa shape index (κ2) is 15.4. The van der Waals surface area contributed by atoms with Gasteiger partial charge in [0.25, 0.3) is 0 Å². The molecular weight excluding hydrogens is 530 g/mol. The third kappa shape index (κ3) is 9.19. The molecule has 1 fully saturated rings. The van der Waals surface area contributed by atoms with E-state index in [0.717, 1.165) is 16.7 Å². The van der Waals surface area contributed by atoms with Crippen LogP contribution in [0.25, 0.3) is 0 Å². The van der Waals surface area contributed by atoms with Crippen molar-refractivity contribution in [3.8, 4) is 0 Å². The van der Waals surface area contributed by atoms with Crippen LogP contribution in [0, 0.1) is 0 Å². The summed E-state index contributed by atoms with van der Waals surface area (Å²) in [6.45, 7) is 6.66. The molecular formula is C34H45N3O5. The lowest BCUT2D eigenvalue weighted by atomic mass is 9.79. The van der Waals surface area contributed by atoms with E-state index >= 15 is 0 Å². The SMILES string of the molecule is CNC1C(OCc2ccccc2)C(N)[C@@H](OCc2ccccc2)C(NCC(=O)OC(C)(C)C)C1OCc1ccccc1. The first-order chi connectivity index (χ1) is 20.2. The molecule has 0 heterocycles. The lowest BCUT2D eigenvalue weighted by Crippen LogP contribution is -2.74. The van der Waals surface area contributed by atoms with E-state index in [1.165, 1.54) is 0 Å². The smallest absolute Gasteiger partial charge is 0.320 e. The molecule has 8 nitrogen and oxygen atoms in total. The Morgan fingerprint density at radius 3 is 1.50 bits per heavy atom. The molecule has 0 aliphatic heterocycles. The van der Waals surface area contributed by atoms with E-state index in [4.69, 9.17) is 24.7 Å². The van der Waals surface area contributed by atoms with Gasteiger partial charge in [-0.3, -0.25) is 10.1 Å². The Bertz CT molecular complexity index is 1210. The van der Waals surface area contributed by atoms with Crippen LogP contribution < -0.4 is 16.4 Å². The maximum absolute atomic E-state index is 12.8. The number of likely N-dealkylation sites (N-methyl/N-ethyl adjacent to an activating group) is 1. The van der Waals surface area contributed by atoms with Crippen molar-refractivity contribution >= 4 is 5.97 Å². The number of nitrogens with one attached hydrogen (secondary N) is 2. The summed E-state index contributed by atoms with van der Waals surface area (Å²) in [5, 5.41) is 6.82. The fourth-order valence-corrected chi connectivity index (χ4v) is 5.34. The second-order valence-corrected chi connectivity index (χ2v) is 11.7. The quantitative estimate of drug-likeness (QED) is 0.263. The molecule has 0 saturated heterocycles. The molecule has 4 rings (SSSR count). The fraction of sp³-hybridized carbons (Fsp3) is 0.441. The van der Waals surface area contributed by atoms with Gasteiger partial charge in [0.05, 0.1) is 62.8 Å². The van der Waals surface area contributed by atoms with Gasteiger partial charge in [0, 0.05) is 0 Å². The van der Waals surface area contributed by atoms with E-state index in [-0.39, 0.29) is 18.6 Å². The number of hydrogen-bond acceptors (Lipinski definition) is 8. The summed E-state index contributed by atoms with van der Waals surface area (Å²) in [5.74, 6) is -0.358. The normalized spacial score (nSPS) is 24.3. The minimum absolute atomic E-state index is 0.0168. The van der Waals surface area contributed by atoms with Gasteiger partial charge in [0.15, 0.2) is 0 Å². The number of carbonyl (C=O) groups excluding carboxylic acids is 1.